The molecule has 0 fully saturated rings. The molecule has 1 N–H and O–H groups in total. The number of hydrogen-bond acceptors (Lipinski definition) is 0. The van der Waals surface area contributed by atoms with Gasteiger partial charge in [0, 0.05) is 0 Å². The third-order valence-corrected chi connectivity index (χ3v) is 0.968. The van der Waals surface area contributed by atoms with Crippen molar-refractivity contribution in [2.45, 2.75) is 13.5 Å². The van der Waals surface area contributed by atoms with E-state index in [0.717, 1.165) is 6.54 Å². The van der Waals surface area contributed by atoms with Crippen LogP contribution in [0.2, 0.25) is 0 Å². The fraction of sp³-hybridized carbons (Fsp3) is 0.400. The number of aromatic nitrogens is 2. The molecule has 0 spiro atoms. The molecule has 0 unspecified atom stereocenters. The average Bonchev–Trinajstić information content (AvgIpc) is 2.14. The summed E-state index contributed by atoms with van der Waals surface area (Å²) < 4.78 is 2.07. The highest BCUT2D eigenvalue weighted by Gasteiger charge is 1.85. The second-order valence-electron chi connectivity index (χ2n) is 1.44. The lowest BCUT2D eigenvalue weighted by atomic mass is 10.7. The average molecular weight is 133 g/mol. The standard InChI is InChI=1S/C5H8N2.ClH/c1-2-7-4-3-6-5-7;/h3-5H,2H2,1H3;1H. The van der Waals surface area contributed by atoms with Crippen molar-refractivity contribution in [3.05, 3.63) is 18.7 Å². The number of aryl methyl sites for hydroxylation is 1. The molecule has 8 heavy (non-hydrogen) atoms. The van der Waals surface area contributed by atoms with E-state index in [0.29, 0.717) is 0 Å². The van der Waals surface area contributed by atoms with Gasteiger partial charge in [-0.2, -0.15) is 0 Å². The molecule has 0 bridgehead atoms. The fourth-order valence-electron chi connectivity index (χ4n) is 0.517. The van der Waals surface area contributed by atoms with Gasteiger partial charge in [0.1, 0.15) is 12.4 Å². The smallest absolute Gasteiger partial charge is 0.241 e. The van der Waals surface area contributed by atoms with Crippen molar-refractivity contribution in [3.63, 3.8) is 0 Å². The van der Waals surface area contributed by atoms with Crippen molar-refractivity contribution in [2.24, 2.45) is 0 Å². The summed E-state index contributed by atoms with van der Waals surface area (Å²) in [5.41, 5.74) is 0. The number of hydrogen-bond donors (Lipinski definition) is 1. The minimum absolute atomic E-state index is 0. The molecule has 0 radical (unpaired) electrons. The van der Waals surface area contributed by atoms with Crippen molar-refractivity contribution in [1.29, 1.82) is 0 Å². The van der Waals surface area contributed by atoms with Crippen LogP contribution in [-0.4, -0.2) is 4.98 Å². The molecule has 0 saturated heterocycles. The molecule has 46 valence electrons. The molecular formula is C5H9ClN2. The van der Waals surface area contributed by atoms with Gasteiger partial charge < -0.3 is 12.4 Å². The van der Waals surface area contributed by atoms with Crippen LogP contribution in [0, 0.1) is 0 Å². The number of halogens is 1. The van der Waals surface area contributed by atoms with Crippen molar-refractivity contribution < 1.29 is 17.0 Å². The van der Waals surface area contributed by atoms with E-state index in [4.69, 9.17) is 0 Å². The maximum absolute atomic E-state index is 2.94. The van der Waals surface area contributed by atoms with Crippen molar-refractivity contribution in [2.75, 3.05) is 0 Å². The Morgan fingerprint density at radius 1 is 1.62 bits per heavy atom. The molecule has 0 amide bonds. The van der Waals surface area contributed by atoms with Gasteiger partial charge in [-0.05, 0) is 6.92 Å². The molecule has 0 aliphatic carbocycles. The minimum Gasteiger partial charge on any atom is -1.00 e. The Kier molecular flexibility index (Phi) is 3.28. The number of aromatic amines is 1. The molecule has 0 aliphatic heterocycles. The molecule has 3 heteroatoms. The second-order valence-corrected chi connectivity index (χ2v) is 1.44. The normalized spacial score (nSPS) is 8.12. The van der Waals surface area contributed by atoms with Gasteiger partial charge in [-0.1, -0.05) is 0 Å². The zero-order chi connectivity index (χ0) is 5.11. The third-order valence-electron chi connectivity index (χ3n) is 0.968. The van der Waals surface area contributed by atoms with Gasteiger partial charge in [0.25, 0.3) is 0 Å². The van der Waals surface area contributed by atoms with Crippen LogP contribution in [0.25, 0.3) is 0 Å². The van der Waals surface area contributed by atoms with Crippen LogP contribution in [0.1, 0.15) is 6.92 Å². The number of nitrogens with zero attached hydrogens (tertiary/aromatic N) is 1. The van der Waals surface area contributed by atoms with E-state index in [2.05, 4.69) is 16.5 Å². The molecule has 0 atom stereocenters. The summed E-state index contributed by atoms with van der Waals surface area (Å²) in [6.45, 7) is 3.15. The van der Waals surface area contributed by atoms with Crippen LogP contribution in [0.4, 0.5) is 0 Å². The van der Waals surface area contributed by atoms with Crippen LogP contribution in [0.15, 0.2) is 18.7 Å². The zero-order valence-corrected chi connectivity index (χ0v) is 5.52. The Labute approximate surface area is 55.0 Å². The molecule has 0 saturated carbocycles. The Morgan fingerprint density at radius 2 is 2.38 bits per heavy atom. The lowest BCUT2D eigenvalue weighted by Crippen LogP contribution is -3.00. The summed E-state index contributed by atoms with van der Waals surface area (Å²) in [5, 5.41) is 0. The number of imidazole rings is 1. The fourth-order valence-corrected chi connectivity index (χ4v) is 0.517. The van der Waals surface area contributed by atoms with Crippen LogP contribution < -0.4 is 17.0 Å². The van der Waals surface area contributed by atoms with Crippen LogP contribution in [0.3, 0.4) is 0 Å². The SMILES string of the molecule is CC[n+]1cc[nH]c1.[Cl-]. The second kappa shape index (κ2) is 3.50. The predicted octanol–water partition coefficient (Wildman–Crippen LogP) is -2.67. The molecule has 1 aromatic rings. The monoisotopic (exact) mass is 132 g/mol. The maximum atomic E-state index is 2.94. The Hall–Kier alpha value is -0.500. The molecule has 1 rings (SSSR count). The van der Waals surface area contributed by atoms with Crippen LogP contribution in [-0.2, 0) is 6.54 Å². The van der Waals surface area contributed by atoms with E-state index in [1.165, 1.54) is 0 Å². The van der Waals surface area contributed by atoms with Crippen molar-refractivity contribution in [3.8, 4) is 0 Å². The van der Waals surface area contributed by atoms with E-state index < -0.39 is 0 Å². The first-order valence-electron chi connectivity index (χ1n) is 2.45. The largest absolute Gasteiger partial charge is 1.00 e. The Morgan fingerprint density at radius 3 is 2.62 bits per heavy atom. The van der Waals surface area contributed by atoms with Gasteiger partial charge in [0.05, 0.1) is 6.54 Å². The molecule has 0 aliphatic rings. The summed E-state index contributed by atoms with van der Waals surface area (Å²) in [7, 11) is 0. The van der Waals surface area contributed by atoms with Gasteiger partial charge in [0.2, 0.25) is 6.33 Å². The molecule has 1 aromatic heterocycles. The molecule has 1 heterocycles. The minimum atomic E-state index is 0. The van der Waals surface area contributed by atoms with Crippen molar-refractivity contribution in [1.82, 2.24) is 4.98 Å². The summed E-state index contributed by atoms with van der Waals surface area (Å²) in [6, 6.07) is 0. The van der Waals surface area contributed by atoms with E-state index in [1.807, 2.05) is 18.7 Å². The predicted molar refractivity (Wildman–Crippen MR) is 26.7 cm³/mol. The highest BCUT2D eigenvalue weighted by Crippen LogP contribution is 1.65. The first kappa shape index (κ1) is 7.50. The topological polar surface area (TPSA) is 19.7 Å². The maximum Gasteiger partial charge on any atom is 0.241 e. The van der Waals surface area contributed by atoms with Crippen LogP contribution >= 0.6 is 0 Å². The van der Waals surface area contributed by atoms with E-state index in [1.54, 1.807) is 0 Å². The summed E-state index contributed by atoms with van der Waals surface area (Å²) in [4.78, 5) is 2.94. The lowest BCUT2D eigenvalue weighted by molar-refractivity contribution is -0.692. The van der Waals surface area contributed by atoms with Gasteiger partial charge >= 0.3 is 0 Å². The summed E-state index contributed by atoms with van der Waals surface area (Å²) in [6.07, 6.45) is 5.84. The van der Waals surface area contributed by atoms with E-state index in [-0.39, 0.29) is 12.4 Å². The Balaban J connectivity index is 0.000000490. The molecular weight excluding hydrogens is 124 g/mol. The van der Waals surface area contributed by atoms with E-state index >= 15 is 0 Å². The Bertz CT molecular complexity index is 125. The van der Waals surface area contributed by atoms with Gasteiger partial charge in [-0.25, -0.2) is 4.57 Å². The zero-order valence-electron chi connectivity index (χ0n) is 4.76. The van der Waals surface area contributed by atoms with Gasteiger partial charge in [-0.15, -0.1) is 0 Å². The highest BCUT2D eigenvalue weighted by molar-refractivity contribution is 4.54. The van der Waals surface area contributed by atoms with Gasteiger partial charge in [0.15, 0.2) is 0 Å². The quantitative estimate of drug-likeness (QED) is 0.402. The lowest BCUT2D eigenvalue weighted by Gasteiger charge is -1.79. The highest BCUT2D eigenvalue weighted by atomic mass is 35.5. The van der Waals surface area contributed by atoms with E-state index in [9.17, 15) is 0 Å². The molecule has 0 aromatic carbocycles. The van der Waals surface area contributed by atoms with Gasteiger partial charge in [-0.3, -0.25) is 4.98 Å². The number of rotatable bonds is 1. The number of H-pyrrole nitrogens is 1. The summed E-state index contributed by atoms with van der Waals surface area (Å²) in [5.74, 6) is 0. The number of nitrogens with one attached hydrogen (secondary N) is 1. The first-order valence-corrected chi connectivity index (χ1v) is 2.45. The first-order chi connectivity index (χ1) is 3.43. The third kappa shape index (κ3) is 1.54. The van der Waals surface area contributed by atoms with Crippen LogP contribution in [0.5, 0.6) is 0 Å². The van der Waals surface area contributed by atoms with Crippen molar-refractivity contribution >= 4 is 0 Å². The molecule has 2 nitrogen and oxygen atoms in total. The summed E-state index contributed by atoms with van der Waals surface area (Å²) >= 11 is 0.